The predicted octanol–water partition coefficient (Wildman–Crippen LogP) is 11.1. The Hall–Kier alpha value is -4.79. The second-order valence-corrected chi connectivity index (χ2v) is 19.3. The summed E-state index contributed by atoms with van der Waals surface area (Å²) in [6, 6.07) is 11.1. The summed E-state index contributed by atoms with van der Waals surface area (Å²) in [6.45, 7) is 9.70. The van der Waals surface area contributed by atoms with E-state index in [1.54, 1.807) is 24.3 Å². The van der Waals surface area contributed by atoms with Crippen molar-refractivity contribution in [2.24, 2.45) is 28.8 Å². The number of nitrogens with one attached hydrogen (secondary N) is 1. The lowest BCUT2D eigenvalue weighted by molar-refractivity contribution is -0.384. The summed E-state index contributed by atoms with van der Waals surface area (Å²) in [4.78, 5) is 46.9. The van der Waals surface area contributed by atoms with Crippen LogP contribution in [0.25, 0.3) is 0 Å². The fraction of sp³-hybridized carbons (Fsp3) is 0.648. The molecule has 0 spiro atoms. The van der Waals surface area contributed by atoms with Gasteiger partial charge in [0.05, 0.1) is 23.2 Å². The van der Waals surface area contributed by atoms with Crippen LogP contribution in [0.5, 0.6) is 11.5 Å². The number of amides is 2. The van der Waals surface area contributed by atoms with Crippen LogP contribution in [-0.4, -0.2) is 82.5 Å². The van der Waals surface area contributed by atoms with Crippen LogP contribution in [0.1, 0.15) is 159 Å². The Morgan fingerprint density at radius 2 is 1.62 bits per heavy atom. The number of carbonyl (C=O) groups excluding carboxylic acids is 2. The molecule has 4 aliphatic rings. The highest BCUT2D eigenvalue weighted by molar-refractivity contribution is 6.03. The van der Waals surface area contributed by atoms with Gasteiger partial charge in [-0.2, -0.15) is 0 Å². The molecule has 14 nitrogen and oxygen atoms in total. The number of fused-ring (bicyclic) bond motifs is 2. The van der Waals surface area contributed by atoms with Gasteiger partial charge in [0.25, 0.3) is 5.69 Å². The Balaban J connectivity index is 1.37. The van der Waals surface area contributed by atoms with Gasteiger partial charge in [-0.15, -0.1) is 6.58 Å². The number of aliphatic hydroxyl groups excluding tert-OH is 2. The fourth-order valence-electron chi connectivity index (χ4n) is 10.8. The molecule has 6 atom stereocenters. The van der Waals surface area contributed by atoms with Crippen molar-refractivity contribution < 1.29 is 43.8 Å². The third-order valence-electron chi connectivity index (χ3n) is 14.3. The Bertz CT molecular complexity index is 2000. The minimum Gasteiger partial charge on any atom is -0.459 e. The van der Waals surface area contributed by atoms with E-state index >= 15 is 0 Å². The summed E-state index contributed by atoms with van der Waals surface area (Å²) in [5.41, 5.74) is 3.12. The summed E-state index contributed by atoms with van der Waals surface area (Å²) in [6.07, 6.45) is 22.5. The summed E-state index contributed by atoms with van der Waals surface area (Å²) >= 11 is 0. The number of nitro benzene ring substituents is 1. The number of aliphatic hydroxyl groups is 2. The molecule has 0 saturated heterocycles. The molecule has 3 N–H and O–H groups in total. The van der Waals surface area contributed by atoms with Gasteiger partial charge in [-0.05, 0) is 105 Å². The molecule has 14 heteroatoms. The Labute approximate surface area is 404 Å². The number of nitro groups is 1. The van der Waals surface area contributed by atoms with Crippen molar-refractivity contribution in [1.82, 2.24) is 10.2 Å². The third-order valence-corrected chi connectivity index (χ3v) is 14.3. The van der Waals surface area contributed by atoms with E-state index in [4.69, 9.17) is 24.2 Å². The van der Waals surface area contributed by atoms with Crippen LogP contribution in [0.15, 0.2) is 71.9 Å². The zero-order valence-electron chi connectivity index (χ0n) is 40.8. The molecule has 2 amide bonds. The van der Waals surface area contributed by atoms with Crippen LogP contribution in [0.2, 0.25) is 0 Å². The number of rotatable bonds is 31. The van der Waals surface area contributed by atoms with E-state index in [0.29, 0.717) is 55.1 Å². The number of carbonyl (C=O) groups is 2. The molecule has 0 aromatic heterocycles. The van der Waals surface area contributed by atoms with Gasteiger partial charge in [0.1, 0.15) is 24.1 Å². The lowest BCUT2D eigenvalue weighted by Gasteiger charge is -2.60. The molecular formula is C54H78N4O10. The van der Waals surface area contributed by atoms with Gasteiger partial charge in [0, 0.05) is 62.3 Å². The molecule has 1 heterocycles. The summed E-state index contributed by atoms with van der Waals surface area (Å²) in [5.74, 6) is -1.18. The molecule has 2 aromatic rings. The van der Waals surface area contributed by atoms with Gasteiger partial charge >= 0.3 is 6.09 Å². The van der Waals surface area contributed by atoms with Gasteiger partial charge in [-0.3, -0.25) is 14.9 Å². The molecule has 2 saturated carbocycles. The second kappa shape index (κ2) is 26.8. The first-order valence-electron chi connectivity index (χ1n) is 25.9. The van der Waals surface area contributed by atoms with Crippen molar-refractivity contribution in [1.29, 1.82) is 0 Å². The average molecular weight is 943 g/mol. The second-order valence-electron chi connectivity index (χ2n) is 19.3. The molecule has 2 aromatic carbocycles. The predicted molar refractivity (Wildman–Crippen MR) is 263 cm³/mol. The van der Waals surface area contributed by atoms with Crippen LogP contribution >= 0.6 is 0 Å². The van der Waals surface area contributed by atoms with E-state index in [-0.39, 0.29) is 68.1 Å². The van der Waals surface area contributed by atoms with E-state index in [2.05, 4.69) is 31.8 Å². The Morgan fingerprint density at radius 3 is 2.26 bits per heavy atom. The molecule has 0 bridgehead atoms. The highest BCUT2D eigenvalue weighted by Gasteiger charge is 2.65. The number of ether oxygens (including phenoxy) is 3. The molecule has 6 rings (SSSR count). The fourth-order valence-corrected chi connectivity index (χ4v) is 10.8. The standard InChI is InChI=1S/C54H78N4O10/c1-4-7-8-9-10-11-12-13-14-17-30-55-53(62)67-43-28-29-48-46(36-43)50-44(21-16-19-33-60)41(20-15-18-32-59)35-45-47(56-66-38-39-22-26-42(27-23-39)58(63)64)37-49(54(68-48,51(45)50)65-34-6-3)57(31-5-2)52(61)40-24-25-40/h6,22-23,26-29,35-36,40-41,44,49-51,59-60H,3-5,7-21,24-25,30-34,37-38H2,1-2H3,(H,55,62)/t41-,44+,49-,50+,51+,54+/m0/s1. The quantitative estimate of drug-likeness (QED) is 0.0285. The van der Waals surface area contributed by atoms with Crippen molar-refractivity contribution >= 4 is 23.4 Å². The summed E-state index contributed by atoms with van der Waals surface area (Å²) < 4.78 is 20.4. The number of unbranched alkanes of at least 4 members (excludes halogenated alkanes) is 11. The van der Waals surface area contributed by atoms with Gasteiger partial charge in [-0.1, -0.05) is 102 Å². The van der Waals surface area contributed by atoms with Crippen LogP contribution in [-0.2, 0) is 21.0 Å². The normalized spacial score (nSPS) is 23.1. The number of benzene rings is 2. The van der Waals surface area contributed by atoms with E-state index in [1.807, 2.05) is 17.0 Å². The highest BCUT2D eigenvalue weighted by atomic mass is 16.7. The van der Waals surface area contributed by atoms with Gasteiger partial charge in [-0.25, -0.2) is 4.79 Å². The number of hydrogen-bond donors (Lipinski definition) is 3. The first kappa shape index (κ1) is 52.6. The minimum absolute atomic E-state index is 0.00329. The number of allylic oxidation sites excluding steroid dienone is 1. The largest absolute Gasteiger partial charge is 0.459 e. The molecule has 0 unspecified atom stereocenters. The smallest absolute Gasteiger partial charge is 0.412 e. The van der Waals surface area contributed by atoms with E-state index in [0.717, 1.165) is 68.9 Å². The van der Waals surface area contributed by atoms with E-state index < -0.39 is 28.8 Å². The molecular weight excluding hydrogens is 865 g/mol. The first-order valence-corrected chi connectivity index (χ1v) is 25.9. The highest BCUT2D eigenvalue weighted by Crippen LogP contribution is 2.62. The number of hydrogen-bond acceptors (Lipinski definition) is 11. The molecule has 2 fully saturated rings. The Kier molecular flexibility index (Phi) is 20.7. The summed E-state index contributed by atoms with van der Waals surface area (Å²) in [7, 11) is 0. The zero-order valence-corrected chi connectivity index (χ0v) is 40.8. The minimum atomic E-state index is -1.38. The average Bonchev–Trinajstić information content (AvgIpc) is 4.19. The first-order chi connectivity index (χ1) is 33.2. The molecule has 68 heavy (non-hydrogen) atoms. The maximum Gasteiger partial charge on any atom is 0.412 e. The maximum atomic E-state index is 14.5. The van der Waals surface area contributed by atoms with Crippen molar-refractivity contribution in [3.63, 3.8) is 0 Å². The molecule has 0 radical (unpaired) electrons. The molecule has 1 aliphatic heterocycles. The number of nitrogens with zero attached hydrogens (tertiary/aromatic N) is 3. The van der Waals surface area contributed by atoms with Crippen LogP contribution < -0.4 is 14.8 Å². The van der Waals surface area contributed by atoms with Crippen LogP contribution in [0.3, 0.4) is 0 Å². The monoisotopic (exact) mass is 943 g/mol. The van der Waals surface area contributed by atoms with Crippen molar-refractivity contribution in [3.8, 4) is 11.5 Å². The van der Waals surface area contributed by atoms with Crippen molar-refractivity contribution in [3.05, 3.63) is 88.0 Å². The maximum absolute atomic E-state index is 14.5. The van der Waals surface area contributed by atoms with Crippen molar-refractivity contribution in [2.45, 2.75) is 167 Å². The van der Waals surface area contributed by atoms with Gasteiger partial charge in [0.15, 0.2) is 0 Å². The lowest BCUT2D eigenvalue weighted by Crippen LogP contribution is -2.70. The van der Waals surface area contributed by atoms with Gasteiger partial charge in [0.2, 0.25) is 11.7 Å². The summed E-state index contributed by atoms with van der Waals surface area (Å²) in [5, 5.41) is 39.1. The molecule has 3 aliphatic carbocycles. The van der Waals surface area contributed by atoms with E-state index in [9.17, 15) is 29.9 Å². The Morgan fingerprint density at radius 1 is 0.926 bits per heavy atom. The topological polar surface area (TPSA) is 182 Å². The zero-order chi connectivity index (χ0) is 48.3. The van der Waals surface area contributed by atoms with Crippen molar-refractivity contribution in [2.75, 3.05) is 32.9 Å². The number of oxime groups is 1. The third kappa shape index (κ3) is 13.7. The number of non-ortho nitro benzene ring substituents is 1. The lowest BCUT2D eigenvalue weighted by atomic mass is 9.55. The van der Waals surface area contributed by atoms with Crippen LogP contribution in [0, 0.1) is 33.8 Å². The van der Waals surface area contributed by atoms with Crippen LogP contribution in [0.4, 0.5) is 10.5 Å². The molecule has 374 valence electrons. The van der Waals surface area contributed by atoms with E-state index in [1.165, 1.54) is 57.1 Å². The SMILES string of the molecule is C=CCO[C@@]12Oc3ccc(OC(=O)NCCCCCCCCCCCC)cc3[C@H]3[C@H](CCCCO)[C@@H](CCCCO)C=C(C(=NOCc4ccc([N+](=O)[O-])cc4)C[C@@H]1N(CCC)C(=O)C1CC1)[C@H]32. The van der Waals surface area contributed by atoms with Gasteiger partial charge < -0.3 is 39.5 Å².